The third-order valence-corrected chi connectivity index (χ3v) is 1.99. The van der Waals surface area contributed by atoms with Gasteiger partial charge in [0.2, 0.25) is 0 Å². The Morgan fingerprint density at radius 2 is 2.29 bits per heavy atom. The molecule has 0 N–H and O–H groups in total. The molecule has 0 aliphatic heterocycles. The van der Waals surface area contributed by atoms with Crippen molar-refractivity contribution in [2.24, 2.45) is 7.05 Å². The fraction of sp³-hybridized carbons (Fsp3) is 0.500. The first kappa shape index (κ1) is 10.2. The highest BCUT2D eigenvalue weighted by Gasteiger charge is 2.33. The Labute approximate surface area is 80.9 Å². The summed E-state index contributed by atoms with van der Waals surface area (Å²) in [5.41, 5.74) is -0.697. The molecule has 14 heavy (non-hydrogen) atoms. The zero-order chi connectivity index (χ0) is 10.9. The monoisotopic (exact) mass is 194 g/mol. The summed E-state index contributed by atoms with van der Waals surface area (Å²) in [4.78, 5) is 10.1. The molecule has 1 aromatic rings. The fourth-order valence-corrected chi connectivity index (χ4v) is 1.34. The number of nitriles is 1. The summed E-state index contributed by atoms with van der Waals surface area (Å²) in [6.07, 6.45) is 1.16. The van der Waals surface area contributed by atoms with Crippen LogP contribution in [0.15, 0.2) is 6.20 Å². The lowest BCUT2D eigenvalue weighted by Crippen LogP contribution is -2.20. The van der Waals surface area contributed by atoms with Gasteiger partial charge in [-0.05, 0) is 13.8 Å². The van der Waals surface area contributed by atoms with Gasteiger partial charge in [0.25, 0.3) is 0 Å². The fourth-order valence-electron chi connectivity index (χ4n) is 1.34. The quantitative estimate of drug-likeness (QED) is 0.521. The van der Waals surface area contributed by atoms with Crippen molar-refractivity contribution < 1.29 is 4.92 Å². The minimum Gasteiger partial charge on any atom is -0.264 e. The first-order valence-electron chi connectivity index (χ1n) is 3.98. The van der Waals surface area contributed by atoms with E-state index in [1.165, 1.54) is 4.68 Å². The topological polar surface area (TPSA) is 84.8 Å². The number of nitro groups is 1. The summed E-state index contributed by atoms with van der Waals surface area (Å²) in [6.45, 7) is 3.24. The van der Waals surface area contributed by atoms with Crippen LogP contribution >= 0.6 is 0 Å². The van der Waals surface area contributed by atoms with Crippen LogP contribution in [0, 0.1) is 21.4 Å². The van der Waals surface area contributed by atoms with Crippen LogP contribution in [0.4, 0.5) is 5.69 Å². The van der Waals surface area contributed by atoms with Crippen molar-refractivity contribution in [1.29, 1.82) is 5.26 Å². The summed E-state index contributed by atoms with van der Waals surface area (Å²) in [5.74, 6) is 0. The largest absolute Gasteiger partial charge is 0.311 e. The highest BCUT2D eigenvalue weighted by atomic mass is 16.6. The highest BCUT2D eigenvalue weighted by molar-refractivity contribution is 5.41. The van der Waals surface area contributed by atoms with Gasteiger partial charge < -0.3 is 0 Å². The van der Waals surface area contributed by atoms with Crippen molar-refractivity contribution in [2.75, 3.05) is 0 Å². The standard InChI is InChI=1S/C8H10N4O2/c1-8(2,5-9)7-6(12(13)14)4-10-11(7)3/h4H,1-3H3. The van der Waals surface area contributed by atoms with E-state index >= 15 is 0 Å². The predicted octanol–water partition coefficient (Wildman–Crippen LogP) is 1.13. The average molecular weight is 194 g/mol. The molecule has 0 aliphatic rings. The third kappa shape index (κ3) is 1.44. The number of rotatable bonds is 2. The molecule has 0 amide bonds. The van der Waals surface area contributed by atoms with Gasteiger partial charge in [-0.15, -0.1) is 0 Å². The number of aromatic nitrogens is 2. The first-order chi connectivity index (χ1) is 6.40. The molecule has 0 bridgehead atoms. The summed E-state index contributed by atoms with van der Waals surface area (Å²) < 4.78 is 1.36. The molecule has 1 heterocycles. The van der Waals surface area contributed by atoms with Crippen molar-refractivity contribution in [3.8, 4) is 6.07 Å². The van der Waals surface area contributed by atoms with Gasteiger partial charge in [0.1, 0.15) is 17.3 Å². The summed E-state index contributed by atoms with van der Waals surface area (Å²) >= 11 is 0. The van der Waals surface area contributed by atoms with Crippen LogP contribution in [0.25, 0.3) is 0 Å². The van der Waals surface area contributed by atoms with E-state index in [0.29, 0.717) is 5.69 Å². The number of aryl methyl sites for hydroxylation is 1. The Hall–Kier alpha value is -1.90. The molecular formula is C8H10N4O2. The minimum absolute atomic E-state index is 0.112. The molecule has 6 nitrogen and oxygen atoms in total. The normalized spacial score (nSPS) is 11.0. The second-order valence-electron chi connectivity index (χ2n) is 3.50. The van der Waals surface area contributed by atoms with Crippen molar-refractivity contribution in [3.05, 3.63) is 22.0 Å². The van der Waals surface area contributed by atoms with Crippen LogP contribution in [0.2, 0.25) is 0 Å². The highest BCUT2D eigenvalue weighted by Crippen LogP contribution is 2.29. The molecule has 0 saturated heterocycles. The Morgan fingerprint density at radius 1 is 1.71 bits per heavy atom. The van der Waals surface area contributed by atoms with Crippen LogP contribution in [0.5, 0.6) is 0 Å². The van der Waals surface area contributed by atoms with Crippen molar-refractivity contribution >= 4 is 5.69 Å². The zero-order valence-electron chi connectivity index (χ0n) is 8.18. The van der Waals surface area contributed by atoms with Crippen LogP contribution in [-0.2, 0) is 12.5 Å². The van der Waals surface area contributed by atoms with Gasteiger partial charge in [0, 0.05) is 7.05 Å². The molecular weight excluding hydrogens is 184 g/mol. The molecule has 0 aliphatic carbocycles. The Kier molecular flexibility index (Phi) is 2.26. The predicted molar refractivity (Wildman–Crippen MR) is 48.5 cm³/mol. The third-order valence-electron chi connectivity index (χ3n) is 1.99. The lowest BCUT2D eigenvalue weighted by molar-refractivity contribution is -0.386. The maximum Gasteiger partial charge on any atom is 0.311 e. The van der Waals surface area contributed by atoms with E-state index in [2.05, 4.69) is 5.10 Å². The number of hydrogen-bond acceptors (Lipinski definition) is 4. The molecule has 0 fully saturated rings. The smallest absolute Gasteiger partial charge is 0.264 e. The molecule has 74 valence electrons. The molecule has 0 saturated carbocycles. The number of hydrogen-bond donors (Lipinski definition) is 0. The molecule has 0 unspecified atom stereocenters. The Bertz CT molecular complexity index is 413. The van der Waals surface area contributed by atoms with E-state index in [4.69, 9.17) is 5.26 Å². The molecule has 1 rings (SSSR count). The minimum atomic E-state index is -0.909. The lowest BCUT2D eigenvalue weighted by Gasteiger charge is -2.14. The van der Waals surface area contributed by atoms with Gasteiger partial charge in [-0.2, -0.15) is 10.4 Å². The molecule has 0 radical (unpaired) electrons. The zero-order valence-corrected chi connectivity index (χ0v) is 8.18. The molecule has 0 aromatic carbocycles. The Balaban J connectivity index is 3.40. The van der Waals surface area contributed by atoms with E-state index in [1.54, 1.807) is 20.9 Å². The molecule has 1 aromatic heterocycles. The van der Waals surface area contributed by atoms with Gasteiger partial charge in [0.05, 0.1) is 11.0 Å². The van der Waals surface area contributed by atoms with Crippen LogP contribution in [0.1, 0.15) is 19.5 Å². The molecule has 6 heteroatoms. The van der Waals surface area contributed by atoms with Crippen LogP contribution < -0.4 is 0 Å². The van der Waals surface area contributed by atoms with Gasteiger partial charge in [-0.3, -0.25) is 14.8 Å². The Morgan fingerprint density at radius 3 is 2.71 bits per heavy atom. The first-order valence-corrected chi connectivity index (χ1v) is 3.98. The molecule has 0 atom stereocenters. The lowest BCUT2D eigenvalue weighted by atomic mass is 9.90. The van der Waals surface area contributed by atoms with Gasteiger partial charge in [-0.1, -0.05) is 0 Å². The maximum absolute atomic E-state index is 10.6. The van der Waals surface area contributed by atoms with E-state index in [-0.39, 0.29) is 5.69 Å². The van der Waals surface area contributed by atoms with E-state index in [9.17, 15) is 10.1 Å². The van der Waals surface area contributed by atoms with Gasteiger partial charge in [0.15, 0.2) is 0 Å². The molecule has 0 spiro atoms. The van der Waals surface area contributed by atoms with E-state index < -0.39 is 10.3 Å². The van der Waals surface area contributed by atoms with E-state index in [1.807, 2.05) is 6.07 Å². The van der Waals surface area contributed by atoms with Crippen molar-refractivity contribution in [2.45, 2.75) is 19.3 Å². The van der Waals surface area contributed by atoms with Crippen LogP contribution in [0.3, 0.4) is 0 Å². The second-order valence-corrected chi connectivity index (χ2v) is 3.50. The summed E-state index contributed by atoms with van der Waals surface area (Å²) in [7, 11) is 1.58. The maximum atomic E-state index is 10.6. The average Bonchev–Trinajstić information content (AvgIpc) is 2.47. The van der Waals surface area contributed by atoms with Crippen molar-refractivity contribution in [1.82, 2.24) is 9.78 Å². The van der Waals surface area contributed by atoms with Gasteiger partial charge >= 0.3 is 5.69 Å². The SMILES string of the molecule is Cn1ncc([N+](=O)[O-])c1C(C)(C)C#N. The van der Waals surface area contributed by atoms with Crippen molar-refractivity contribution in [3.63, 3.8) is 0 Å². The van der Waals surface area contributed by atoms with E-state index in [0.717, 1.165) is 6.20 Å². The number of nitrogens with zero attached hydrogens (tertiary/aromatic N) is 4. The summed E-state index contributed by atoms with van der Waals surface area (Å²) in [5, 5.41) is 23.3. The second kappa shape index (κ2) is 3.10. The summed E-state index contributed by atoms with van der Waals surface area (Å²) in [6, 6.07) is 2.01. The van der Waals surface area contributed by atoms with Gasteiger partial charge in [-0.25, -0.2) is 0 Å². The van der Waals surface area contributed by atoms with Crippen LogP contribution in [-0.4, -0.2) is 14.7 Å².